The summed E-state index contributed by atoms with van der Waals surface area (Å²) in [5.74, 6) is 0. The number of hydrogen-bond donors (Lipinski definition) is 0. The van der Waals surface area contributed by atoms with Crippen LogP contribution < -0.4 is 21.2 Å². The molecule has 0 amide bonds. The van der Waals surface area contributed by atoms with Crippen LogP contribution in [0.1, 0.15) is 0 Å². The Morgan fingerprint density at radius 2 is 0.720 bits per heavy atom. The van der Waals surface area contributed by atoms with E-state index in [4.69, 9.17) is 0 Å². The first-order valence-electron chi connectivity index (χ1n) is 8.55. The van der Waals surface area contributed by atoms with E-state index in [1.165, 1.54) is 21.2 Å². The van der Waals surface area contributed by atoms with Crippen molar-refractivity contribution in [2.75, 3.05) is 0 Å². The van der Waals surface area contributed by atoms with Gasteiger partial charge in [-0.25, -0.2) is 0 Å². The average molecular weight is 339 g/mol. The summed E-state index contributed by atoms with van der Waals surface area (Å²) < 4.78 is 0. The van der Waals surface area contributed by atoms with Gasteiger partial charge in [-0.05, 0) is 0 Å². The molecule has 121 valence electrons. The van der Waals surface area contributed by atoms with Gasteiger partial charge >= 0.3 is 150 Å². The Kier molecular flexibility index (Phi) is 4.46. The van der Waals surface area contributed by atoms with Crippen LogP contribution in [0.25, 0.3) is 0 Å². The van der Waals surface area contributed by atoms with Gasteiger partial charge in [-0.2, -0.15) is 0 Å². The molecule has 0 unspecified atom stereocenters. The van der Waals surface area contributed by atoms with E-state index in [0.717, 1.165) is 0 Å². The third-order valence-corrected chi connectivity index (χ3v) is 9.57. The summed E-state index contributed by atoms with van der Waals surface area (Å²) in [7, 11) is -2.32. The molecular weight excluding hydrogens is 319 g/mol. The van der Waals surface area contributed by atoms with Crippen molar-refractivity contribution in [2.45, 2.75) is 0 Å². The Bertz CT molecular complexity index is 753. The third kappa shape index (κ3) is 2.80. The van der Waals surface area contributed by atoms with Gasteiger partial charge < -0.3 is 0 Å². The number of benzene rings is 4. The Hall–Kier alpha value is -2.69. The van der Waals surface area contributed by atoms with Gasteiger partial charge in [0.15, 0.2) is 0 Å². The van der Waals surface area contributed by atoms with Crippen molar-refractivity contribution in [3.05, 3.63) is 121 Å². The molecule has 0 aliphatic carbocycles. The molecule has 0 bridgehead atoms. The van der Waals surface area contributed by atoms with Gasteiger partial charge in [-0.15, -0.1) is 0 Å². The van der Waals surface area contributed by atoms with Gasteiger partial charge in [0.1, 0.15) is 0 Å². The van der Waals surface area contributed by atoms with Crippen molar-refractivity contribution in [2.24, 2.45) is 0 Å². The SMILES string of the molecule is [c]1ccc([PH](c2ccccc2)(c2ccccc2)c2ccccc2)cc1. The molecule has 4 rings (SSSR count). The van der Waals surface area contributed by atoms with Crippen LogP contribution in [0.4, 0.5) is 0 Å². The van der Waals surface area contributed by atoms with Crippen LogP contribution in [-0.2, 0) is 0 Å². The molecule has 0 saturated carbocycles. The minimum absolute atomic E-state index is 1.38. The van der Waals surface area contributed by atoms with Crippen LogP contribution in [0.15, 0.2) is 115 Å². The molecule has 1 radical (unpaired) electrons. The van der Waals surface area contributed by atoms with Crippen molar-refractivity contribution >= 4 is 28.5 Å². The molecule has 0 saturated heterocycles. The molecular formula is C24H20P. The second-order valence-electron chi connectivity index (χ2n) is 6.14. The van der Waals surface area contributed by atoms with Gasteiger partial charge in [0.05, 0.1) is 0 Å². The molecule has 0 N–H and O–H groups in total. The van der Waals surface area contributed by atoms with E-state index in [-0.39, 0.29) is 0 Å². The van der Waals surface area contributed by atoms with Crippen molar-refractivity contribution in [3.8, 4) is 0 Å². The summed E-state index contributed by atoms with van der Waals surface area (Å²) in [5, 5.41) is 5.59. The van der Waals surface area contributed by atoms with Crippen molar-refractivity contribution < 1.29 is 0 Å². The molecule has 0 nitrogen and oxygen atoms in total. The molecule has 4 aromatic rings. The van der Waals surface area contributed by atoms with Crippen molar-refractivity contribution in [1.82, 2.24) is 0 Å². The monoisotopic (exact) mass is 339 g/mol. The van der Waals surface area contributed by atoms with Crippen LogP contribution >= 0.6 is 7.26 Å². The van der Waals surface area contributed by atoms with E-state index in [0.29, 0.717) is 0 Å². The maximum absolute atomic E-state index is 3.18. The first-order valence-corrected chi connectivity index (χ1v) is 10.6. The van der Waals surface area contributed by atoms with Crippen LogP contribution in [-0.4, -0.2) is 0 Å². The zero-order valence-electron chi connectivity index (χ0n) is 14.0. The Labute approximate surface area is 150 Å². The normalized spacial score (nSPS) is 11.8. The average Bonchev–Trinajstić information content (AvgIpc) is 2.72. The standard InChI is InChI=1S/C24H20P/c1-5-13-21(14-6-1)25(22-15-7-2-8-16-22,23-17-9-3-10-18-23)24-19-11-4-12-20-24/h1-3,5-20,25H. The summed E-state index contributed by atoms with van der Waals surface area (Å²) in [6.07, 6.45) is 0. The minimum atomic E-state index is -2.32. The van der Waals surface area contributed by atoms with Crippen molar-refractivity contribution in [3.63, 3.8) is 0 Å². The third-order valence-electron chi connectivity index (χ3n) is 4.77. The molecule has 0 fully saturated rings. The van der Waals surface area contributed by atoms with Gasteiger partial charge in [0.25, 0.3) is 0 Å². The zero-order chi connectivity index (χ0) is 17.0. The van der Waals surface area contributed by atoms with Crippen LogP contribution in [0, 0.1) is 6.07 Å². The second kappa shape index (κ2) is 7.05. The fraction of sp³-hybridized carbons (Fsp3) is 0. The molecule has 0 aliphatic rings. The Morgan fingerprint density at radius 1 is 0.400 bits per heavy atom. The van der Waals surface area contributed by atoms with Crippen LogP contribution in [0.5, 0.6) is 0 Å². The summed E-state index contributed by atoms with van der Waals surface area (Å²) in [6.45, 7) is 0. The molecule has 0 atom stereocenters. The molecule has 0 aliphatic heterocycles. The maximum atomic E-state index is 3.18. The molecule has 0 heterocycles. The fourth-order valence-electron chi connectivity index (χ4n) is 3.70. The zero-order valence-corrected chi connectivity index (χ0v) is 15.0. The molecule has 25 heavy (non-hydrogen) atoms. The van der Waals surface area contributed by atoms with Gasteiger partial charge in [-0.3, -0.25) is 0 Å². The van der Waals surface area contributed by atoms with Crippen molar-refractivity contribution in [1.29, 1.82) is 0 Å². The van der Waals surface area contributed by atoms with E-state index >= 15 is 0 Å². The van der Waals surface area contributed by atoms with Gasteiger partial charge in [0.2, 0.25) is 0 Å². The van der Waals surface area contributed by atoms with Gasteiger partial charge in [0, 0.05) is 0 Å². The summed E-state index contributed by atoms with van der Waals surface area (Å²) in [4.78, 5) is 0. The topological polar surface area (TPSA) is 0 Å². The number of rotatable bonds is 4. The predicted octanol–water partition coefficient (Wildman–Crippen LogP) is 3.84. The van der Waals surface area contributed by atoms with Crippen LogP contribution in [0.2, 0.25) is 0 Å². The summed E-state index contributed by atoms with van der Waals surface area (Å²) in [5.41, 5.74) is 0. The van der Waals surface area contributed by atoms with Gasteiger partial charge in [-0.1, -0.05) is 0 Å². The van der Waals surface area contributed by atoms with E-state index in [1.807, 2.05) is 12.1 Å². The Balaban J connectivity index is 2.13. The fourth-order valence-corrected chi connectivity index (χ4v) is 8.45. The van der Waals surface area contributed by atoms with E-state index in [9.17, 15) is 0 Å². The molecule has 4 aromatic carbocycles. The first kappa shape index (κ1) is 15.8. The molecule has 1 heteroatoms. The first-order chi connectivity index (χ1) is 12.4. The van der Waals surface area contributed by atoms with E-state index in [2.05, 4.69) is 109 Å². The van der Waals surface area contributed by atoms with E-state index < -0.39 is 7.26 Å². The summed E-state index contributed by atoms with van der Waals surface area (Å²) >= 11 is 0. The second-order valence-corrected chi connectivity index (χ2v) is 9.95. The van der Waals surface area contributed by atoms with E-state index in [1.54, 1.807) is 0 Å². The molecule has 0 spiro atoms. The molecule has 0 aromatic heterocycles. The Morgan fingerprint density at radius 3 is 1.08 bits per heavy atom. The summed E-state index contributed by atoms with van der Waals surface area (Å²) in [6, 6.07) is 44.6. The predicted molar refractivity (Wildman–Crippen MR) is 111 cm³/mol. The quantitative estimate of drug-likeness (QED) is 0.496. The van der Waals surface area contributed by atoms with Crippen LogP contribution in [0.3, 0.4) is 0 Å². The number of hydrogen-bond acceptors (Lipinski definition) is 0.